The third-order valence-electron chi connectivity index (χ3n) is 12.3. The number of rotatable bonds is 15. The lowest BCUT2D eigenvalue weighted by molar-refractivity contribution is 0.0821. The van der Waals surface area contributed by atoms with Gasteiger partial charge in [-0.25, -0.2) is 0 Å². The first-order chi connectivity index (χ1) is 25.3. The Bertz CT molecular complexity index is 2030. The fourth-order valence-electron chi connectivity index (χ4n) is 9.81. The first-order valence-electron chi connectivity index (χ1n) is 20.3. The van der Waals surface area contributed by atoms with Gasteiger partial charge in [-0.1, -0.05) is 140 Å². The van der Waals surface area contributed by atoms with Crippen molar-refractivity contribution < 1.29 is 14.3 Å². The summed E-state index contributed by atoms with van der Waals surface area (Å²) in [6, 6.07) is 28.3. The minimum atomic E-state index is -0.262. The summed E-state index contributed by atoms with van der Waals surface area (Å²) in [6.45, 7) is 12.9. The van der Waals surface area contributed by atoms with Crippen molar-refractivity contribution in [3.8, 4) is 22.3 Å². The Balaban J connectivity index is 1.42. The topological polar surface area (TPSA) is 43.4 Å². The van der Waals surface area contributed by atoms with Crippen LogP contribution >= 0.6 is 0 Å². The first kappa shape index (κ1) is 36.1. The van der Waals surface area contributed by atoms with Crippen molar-refractivity contribution in [2.24, 2.45) is 0 Å². The van der Waals surface area contributed by atoms with Gasteiger partial charge in [-0.05, 0) is 108 Å². The number of carbonyl (C=O) groups is 2. The lowest BCUT2D eigenvalue weighted by Gasteiger charge is -2.34. The maximum absolute atomic E-state index is 15.1. The fourth-order valence-corrected chi connectivity index (χ4v) is 9.81. The molecule has 0 radical (unpaired) electrons. The Labute approximate surface area is 311 Å². The molecule has 3 aliphatic rings. The molecule has 0 spiro atoms. The van der Waals surface area contributed by atoms with Gasteiger partial charge in [-0.3, -0.25) is 9.59 Å². The standard InChI is InChI=1S/C49H56O3/c1-7-11-25-48(26-12-8-2)40-21-17-15-19-34(40)36-24-23-33(29-42(36)48)44-45(50)38-30-37-35-20-16-18-22-41(35)49(27-13-9-3,28-14-10-4)43(37)31-39(38)46(51)47(44)52-32(5)6/h15-24,29-32H,7-14,25-28H2,1-6H3. The molecule has 0 saturated carbocycles. The molecule has 0 amide bonds. The van der Waals surface area contributed by atoms with Crippen LogP contribution < -0.4 is 0 Å². The summed E-state index contributed by atoms with van der Waals surface area (Å²) in [7, 11) is 0. The van der Waals surface area contributed by atoms with Crippen molar-refractivity contribution in [3.63, 3.8) is 0 Å². The second-order valence-corrected chi connectivity index (χ2v) is 15.9. The van der Waals surface area contributed by atoms with Crippen LogP contribution in [0.15, 0.2) is 84.6 Å². The van der Waals surface area contributed by atoms with E-state index >= 15 is 4.79 Å². The van der Waals surface area contributed by atoms with Crippen LogP contribution in [0.3, 0.4) is 0 Å². The van der Waals surface area contributed by atoms with Crippen molar-refractivity contribution in [2.75, 3.05) is 0 Å². The molecule has 0 N–H and O–H groups in total. The van der Waals surface area contributed by atoms with Gasteiger partial charge < -0.3 is 4.74 Å². The molecule has 52 heavy (non-hydrogen) atoms. The molecule has 0 atom stereocenters. The number of Topliss-reactive ketones (excluding diaryl/α,β-unsaturated/α-hetero) is 2. The maximum atomic E-state index is 15.1. The second-order valence-electron chi connectivity index (χ2n) is 15.9. The lowest BCUT2D eigenvalue weighted by Crippen LogP contribution is -2.28. The molecule has 0 bridgehead atoms. The third kappa shape index (κ3) is 5.71. The fraction of sp³-hybridized carbons (Fsp3) is 0.429. The van der Waals surface area contributed by atoms with Gasteiger partial charge in [0.25, 0.3) is 0 Å². The van der Waals surface area contributed by atoms with Crippen molar-refractivity contribution in [1.82, 2.24) is 0 Å². The van der Waals surface area contributed by atoms with E-state index in [9.17, 15) is 4.79 Å². The molecule has 3 heteroatoms. The van der Waals surface area contributed by atoms with Gasteiger partial charge >= 0.3 is 0 Å². The first-order valence-corrected chi connectivity index (χ1v) is 20.3. The summed E-state index contributed by atoms with van der Waals surface area (Å²) < 4.78 is 6.43. The number of hydrogen-bond acceptors (Lipinski definition) is 3. The molecule has 0 saturated heterocycles. The number of benzene rings is 4. The highest BCUT2D eigenvalue weighted by atomic mass is 16.5. The quantitative estimate of drug-likeness (QED) is 0.125. The van der Waals surface area contributed by atoms with Gasteiger partial charge in [0.2, 0.25) is 5.78 Å². The average molecular weight is 693 g/mol. The molecule has 4 aromatic carbocycles. The summed E-state index contributed by atoms with van der Waals surface area (Å²) in [5, 5.41) is 0. The number of hydrogen-bond donors (Lipinski definition) is 0. The maximum Gasteiger partial charge on any atom is 0.229 e. The highest BCUT2D eigenvalue weighted by Gasteiger charge is 2.46. The van der Waals surface area contributed by atoms with Crippen LogP contribution in [-0.4, -0.2) is 17.7 Å². The largest absolute Gasteiger partial charge is 0.486 e. The number of ether oxygens (including phenoxy) is 1. The van der Waals surface area contributed by atoms with Crippen LogP contribution in [0, 0.1) is 0 Å². The molecule has 0 aromatic heterocycles. The van der Waals surface area contributed by atoms with Crippen LogP contribution in [0.1, 0.15) is 167 Å². The predicted molar refractivity (Wildman–Crippen MR) is 215 cm³/mol. The molecule has 0 aliphatic heterocycles. The molecule has 0 unspecified atom stereocenters. The molecular weight excluding hydrogens is 637 g/mol. The van der Waals surface area contributed by atoms with E-state index in [4.69, 9.17) is 4.74 Å². The summed E-state index contributed by atoms with van der Waals surface area (Å²) in [4.78, 5) is 30.0. The second kappa shape index (κ2) is 14.6. The van der Waals surface area contributed by atoms with Crippen LogP contribution in [-0.2, 0) is 15.6 Å². The van der Waals surface area contributed by atoms with E-state index in [1.807, 2.05) is 13.8 Å². The molecule has 3 nitrogen and oxygen atoms in total. The van der Waals surface area contributed by atoms with Crippen molar-refractivity contribution in [1.29, 1.82) is 0 Å². The van der Waals surface area contributed by atoms with E-state index in [0.717, 1.165) is 88.2 Å². The van der Waals surface area contributed by atoms with Gasteiger partial charge in [-0.15, -0.1) is 0 Å². The molecular formula is C49H56O3. The highest BCUT2D eigenvalue weighted by molar-refractivity contribution is 6.40. The SMILES string of the molecule is CCCCC1(CCCC)c2ccccc2-c2ccc(C3=C(OC(C)C)C(=O)c4cc5c(cc4C3=O)-c3ccccc3C5(CCCC)CCCC)cc21. The normalized spacial score (nSPS) is 16.1. The Hall–Kier alpha value is -4.24. The predicted octanol–water partition coefficient (Wildman–Crippen LogP) is 13.2. The smallest absolute Gasteiger partial charge is 0.229 e. The van der Waals surface area contributed by atoms with Gasteiger partial charge in [0.05, 0.1) is 11.7 Å². The van der Waals surface area contributed by atoms with E-state index < -0.39 is 0 Å². The lowest BCUT2D eigenvalue weighted by atomic mass is 9.69. The average Bonchev–Trinajstić information content (AvgIpc) is 3.59. The molecule has 4 aromatic rings. The molecule has 0 heterocycles. The summed E-state index contributed by atoms with van der Waals surface area (Å²) in [5.41, 5.74) is 12.0. The van der Waals surface area contributed by atoms with Gasteiger partial charge in [-0.2, -0.15) is 0 Å². The van der Waals surface area contributed by atoms with E-state index in [1.165, 1.54) is 38.9 Å². The number of fused-ring (bicyclic) bond motifs is 7. The van der Waals surface area contributed by atoms with Gasteiger partial charge in [0, 0.05) is 22.0 Å². The number of allylic oxidation sites excluding steroid dienone is 2. The number of ketones is 2. The zero-order chi connectivity index (χ0) is 36.6. The monoisotopic (exact) mass is 692 g/mol. The van der Waals surface area contributed by atoms with Crippen molar-refractivity contribution in [2.45, 2.75) is 136 Å². The summed E-state index contributed by atoms with van der Waals surface area (Å²) in [6.07, 6.45) is 12.8. The Morgan fingerprint density at radius 3 is 1.48 bits per heavy atom. The molecule has 3 aliphatic carbocycles. The summed E-state index contributed by atoms with van der Waals surface area (Å²) in [5.74, 6) is -0.101. The minimum Gasteiger partial charge on any atom is -0.486 e. The molecule has 7 rings (SSSR count). The van der Waals surface area contributed by atoms with Gasteiger partial charge in [0.1, 0.15) is 0 Å². The van der Waals surface area contributed by atoms with E-state index in [0.29, 0.717) is 16.7 Å². The number of carbonyl (C=O) groups excluding carboxylic acids is 2. The van der Waals surface area contributed by atoms with Gasteiger partial charge in [0.15, 0.2) is 11.5 Å². The van der Waals surface area contributed by atoms with Crippen molar-refractivity contribution in [3.05, 3.63) is 124 Å². The zero-order valence-electron chi connectivity index (χ0n) is 32.3. The van der Waals surface area contributed by atoms with Crippen LogP contribution in [0.4, 0.5) is 0 Å². The Morgan fingerprint density at radius 1 is 0.500 bits per heavy atom. The van der Waals surface area contributed by atoms with Crippen molar-refractivity contribution >= 4 is 17.1 Å². The Morgan fingerprint density at radius 2 is 0.962 bits per heavy atom. The molecule has 0 fully saturated rings. The number of unbranched alkanes of at least 4 members (excludes halogenated alkanes) is 4. The zero-order valence-corrected chi connectivity index (χ0v) is 32.3. The van der Waals surface area contributed by atoms with Crippen LogP contribution in [0.5, 0.6) is 0 Å². The Kier molecular flexibility index (Phi) is 10.2. The third-order valence-corrected chi connectivity index (χ3v) is 12.3. The highest BCUT2D eigenvalue weighted by Crippen LogP contribution is 2.57. The van der Waals surface area contributed by atoms with E-state index in [1.54, 1.807) is 0 Å². The van der Waals surface area contributed by atoms with Crippen LogP contribution in [0.25, 0.3) is 27.8 Å². The van der Waals surface area contributed by atoms with E-state index in [-0.39, 0.29) is 34.3 Å². The minimum absolute atomic E-state index is 0.117. The van der Waals surface area contributed by atoms with Crippen LogP contribution in [0.2, 0.25) is 0 Å². The molecule has 270 valence electrons. The van der Waals surface area contributed by atoms with E-state index in [2.05, 4.69) is 107 Å². The summed E-state index contributed by atoms with van der Waals surface area (Å²) >= 11 is 0.